The quantitative estimate of drug-likeness (QED) is 0.606. The molecule has 1 saturated heterocycles. The van der Waals surface area contributed by atoms with Gasteiger partial charge in [0.05, 0.1) is 5.41 Å². The highest BCUT2D eigenvalue weighted by molar-refractivity contribution is 6.00. The lowest BCUT2D eigenvalue weighted by Gasteiger charge is -2.33. The van der Waals surface area contributed by atoms with Crippen LogP contribution in [0, 0.1) is 5.41 Å². The van der Waals surface area contributed by atoms with Crippen LogP contribution in [-0.4, -0.2) is 29.9 Å². The molecule has 3 aromatic rings. The van der Waals surface area contributed by atoms with Crippen molar-refractivity contribution in [2.75, 3.05) is 18.1 Å². The molecule has 1 aliphatic heterocycles. The Balaban J connectivity index is 1.33. The van der Waals surface area contributed by atoms with Gasteiger partial charge in [0.25, 0.3) is 0 Å². The van der Waals surface area contributed by atoms with E-state index in [2.05, 4.69) is 0 Å². The van der Waals surface area contributed by atoms with E-state index in [0.29, 0.717) is 18.5 Å². The molecular formula is C27H25NO4. The number of anilines is 1. The Morgan fingerprint density at radius 1 is 0.938 bits per heavy atom. The van der Waals surface area contributed by atoms with E-state index in [0.717, 1.165) is 42.0 Å². The van der Waals surface area contributed by atoms with Crippen molar-refractivity contribution in [3.63, 3.8) is 0 Å². The third-order valence-electron chi connectivity index (χ3n) is 6.71. The van der Waals surface area contributed by atoms with E-state index in [1.807, 2.05) is 71.6 Å². The Bertz CT molecular complexity index is 1160. The minimum absolute atomic E-state index is 0.152. The molecule has 1 amide bonds. The van der Waals surface area contributed by atoms with Crippen LogP contribution in [0.2, 0.25) is 0 Å². The predicted molar refractivity (Wildman–Crippen MR) is 122 cm³/mol. The maximum atomic E-state index is 13.5. The van der Waals surface area contributed by atoms with Crippen molar-refractivity contribution < 1.29 is 19.4 Å². The summed E-state index contributed by atoms with van der Waals surface area (Å²) in [4.78, 5) is 27.3. The van der Waals surface area contributed by atoms with E-state index in [1.54, 1.807) is 6.07 Å². The number of fused-ring (bicyclic) bond motifs is 1. The molecule has 32 heavy (non-hydrogen) atoms. The monoisotopic (exact) mass is 427 g/mol. The van der Waals surface area contributed by atoms with Gasteiger partial charge in [-0.3, -0.25) is 9.59 Å². The molecule has 5 nitrogen and oxygen atoms in total. The molecule has 1 atom stereocenters. The highest BCUT2D eigenvalue weighted by Crippen LogP contribution is 2.45. The summed E-state index contributed by atoms with van der Waals surface area (Å²) in [7, 11) is 0. The van der Waals surface area contributed by atoms with Crippen LogP contribution in [-0.2, 0) is 17.6 Å². The van der Waals surface area contributed by atoms with Crippen molar-refractivity contribution in [2.45, 2.75) is 25.7 Å². The SMILES string of the molecule is O=C(CO)c1ccc2c(c1)C[C@@]1(CC2)CCN(c2ccc(Oc3ccccc3)cc2)C1=O. The molecule has 0 radical (unpaired) electrons. The second kappa shape index (κ2) is 8.24. The highest BCUT2D eigenvalue weighted by atomic mass is 16.5. The molecule has 2 aliphatic rings. The van der Waals surface area contributed by atoms with E-state index in [1.165, 1.54) is 5.56 Å². The van der Waals surface area contributed by atoms with Crippen LogP contribution < -0.4 is 9.64 Å². The number of carbonyl (C=O) groups is 2. The molecule has 162 valence electrons. The number of Topliss-reactive ketones (excluding diaryl/α,β-unsaturated/α-hetero) is 1. The fraction of sp³-hybridized carbons (Fsp3) is 0.259. The number of benzene rings is 3. The molecule has 1 N–H and O–H groups in total. The lowest BCUT2D eigenvalue weighted by molar-refractivity contribution is -0.126. The molecule has 1 fully saturated rings. The van der Waals surface area contributed by atoms with Crippen LogP contribution in [0.5, 0.6) is 11.5 Å². The fourth-order valence-corrected chi connectivity index (χ4v) is 4.91. The van der Waals surface area contributed by atoms with E-state index in [4.69, 9.17) is 4.74 Å². The standard InChI is InChI=1S/C27H25NO4/c29-18-25(30)20-7-6-19-12-13-27(17-21(19)16-20)14-15-28(26(27)31)22-8-10-24(11-9-22)32-23-4-2-1-3-5-23/h1-11,16,29H,12-15,17-18H2/t27-/m1/s1. The second-order valence-corrected chi connectivity index (χ2v) is 8.64. The Kier molecular flexibility index (Phi) is 5.27. The summed E-state index contributed by atoms with van der Waals surface area (Å²) in [5.74, 6) is 1.37. The summed E-state index contributed by atoms with van der Waals surface area (Å²) in [6, 6.07) is 22.9. The zero-order chi connectivity index (χ0) is 22.1. The van der Waals surface area contributed by atoms with Crippen molar-refractivity contribution in [3.05, 3.63) is 89.5 Å². The van der Waals surface area contributed by atoms with Gasteiger partial charge in [-0.05, 0) is 79.3 Å². The molecule has 0 aromatic heterocycles. The van der Waals surface area contributed by atoms with Crippen LogP contribution in [0.15, 0.2) is 72.8 Å². The number of hydrogen-bond donors (Lipinski definition) is 1. The maximum absolute atomic E-state index is 13.5. The van der Waals surface area contributed by atoms with E-state index < -0.39 is 12.0 Å². The zero-order valence-electron chi connectivity index (χ0n) is 17.8. The summed E-state index contributed by atoms with van der Waals surface area (Å²) in [6.45, 7) is 0.183. The van der Waals surface area contributed by atoms with Gasteiger partial charge < -0.3 is 14.7 Å². The Hall–Kier alpha value is -3.44. The Morgan fingerprint density at radius 3 is 2.44 bits per heavy atom. The van der Waals surface area contributed by atoms with Gasteiger partial charge in [0.1, 0.15) is 18.1 Å². The number of aryl methyl sites for hydroxylation is 1. The van der Waals surface area contributed by atoms with Crippen molar-refractivity contribution in [2.24, 2.45) is 5.41 Å². The lowest BCUT2D eigenvalue weighted by atomic mass is 9.70. The molecule has 5 rings (SSSR count). The summed E-state index contributed by atoms with van der Waals surface area (Å²) >= 11 is 0. The van der Waals surface area contributed by atoms with Gasteiger partial charge in [-0.2, -0.15) is 0 Å². The highest BCUT2D eigenvalue weighted by Gasteiger charge is 2.48. The summed E-state index contributed by atoms with van der Waals surface area (Å²) in [5, 5.41) is 9.18. The first-order chi connectivity index (χ1) is 15.6. The summed E-state index contributed by atoms with van der Waals surface area (Å²) in [5.41, 5.74) is 3.21. The summed E-state index contributed by atoms with van der Waals surface area (Å²) < 4.78 is 5.86. The number of rotatable bonds is 5. The number of nitrogens with zero attached hydrogens (tertiary/aromatic N) is 1. The number of aliphatic hydroxyl groups excluding tert-OH is 1. The lowest BCUT2D eigenvalue weighted by Crippen LogP contribution is -2.38. The van der Waals surface area contributed by atoms with Gasteiger partial charge in [-0.1, -0.05) is 30.3 Å². The van der Waals surface area contributed by atoms with E-state index >= 15 is 0 Å². The topological polar surface area (TPSA) is 66.8 Å². The summed E-state index contributed by atoms with van der Waals surface area (Å²) in [6.07, 6.45) is 3.08. The first kappa shape index (κ1) is 20.5. The van der Waals surface area contributed by atoms with Gasteiger partial charge in [0, 0.05) is 17.8 Å². The normalized spacial score (nSPS) is 19.8. The number of aliphatic hydroxyl groups is 1. The average molecular weight is 428 g/mol. The van der Waals surface area contributed by atoms with Gasteiger partial charge in [-0.15, -0.1) is 0 Å². The average Bonchev–Trinajstić information content (AvgIpc) is 3.14. The molecule has 0 unspecified atom stereocenters. The molecule has 1 heterocycles. The first-order valence-corrected chi connectivity index (χ1v) is 11.0. The molecular weight excluding hydrogens is 402 g/mol. The third-order valence-corrected chi connectivity index (χ3v) is 6.71. The zero-order valence-corrected chi connectivity index (χ0v) is 17.8. The van der Waals surface area contributed by atoms with E-state index in [-0.39, 0.29) is 11.7 Å². The van der Waals surface area contributed by atoms with Gasteiger partial charge in [0.15, 0.2) is 5.78 Å². The number of ketones is 1. The van der Waals surface area contributed by atoms with Crippen LogP contribution in [0.25, 0.3) is 0 Å². The molecule has 3 aromatic carbocycles. The minimum Gasteiger partial charge on any atom is -0.457 e. The van der Waals surface area contributed by atoms with E-state index in [9.17, 15) is 14.7 Å². The molecule has 1 aliphatic carbocycles. The van der Waals surface area contributed by atoms with Gasteiger partial charge >= 0.3 is 0 Å². The van der Waals surface area contributed by atoms with Crippen LogP contribution in [0.4, 0.5) is 5.69 Å². The molecule has 0 bridgehead atoms. The molecule has 5 heteroatoms. The van der Waals surface area contributed by atoms with Crippen molar-refractivity contribution in [1.29, 1.82) is 0 Å². The Labute approximate surface area is 187 Å². The third kappa shape index (κ3) is 3.69. The number of hydrogen-bond acceptors (Lipinski definition) is 4. The molecule has 0 saturated carbocycles. The van der Waals surface area contributed by atoms with Crippen LogP contribution in [0.3, 0.4) is 0 Å². The smallest absolute Gasteiger partial charge is 0.233 e. The van der Waals surface area contributed by atoms with Crippen molar-refractivity contribution in [1.82, 2.24) is 0 Å². The largest absolute Gasteiger partial charge is 0.457 e. The number of para-hydroxylation sites is 1. The second-order valence-electron chi connectivity index (χ2n) is 8.64. The number of ether oxygens (including phenoxy) is 1. The van der Waals surface area contributed by atoms with Crippen molar-refractivity contribution in [3.8, 4) is 11.5 Å². The number of amides is 1. The van der Waals surface area contributed by atoms with Gasteiger partial charge in [-0.25, -0.2) is 0 Å². The fourth-order valence-electron chi connectivity index (χ4n) is 4.91. The van der Waals surface area contributed by atoms with Crippen molar-refractivity contribution >= 4 is 17.4 Å². The minimum atomic E-state index is -0.499. The maximum Gasteiger partial charge on any atom is 0.233 e. The van der Waals surface area contributed by atoms with Crippen LogP contribution >= 0.6 is 0 Å². The van der Waals surface area contributed by atoms with Gasteiger partial charge in [0.2, 0.25) is 5.91 Å². The predicted octanol–water partition coefficient (Wildman–Crippen LogP) is 4.57. The first-order valence-electron chi connectivity index (χ1n) is 11.0. The van der Waals surface area contributed by atoms with Crippen LogP contribution in [0.1, 0.15) is 34.3 Å². The molecule has 1 spiro atoms. The Morgan fingerprint density at radius 2 is 1.69 bits per heavy atom. The number of carbonyl (C=O) groups excluding carboxylic acids is 2.